The van der Waals surface area contributed by atoms with E-state index in [1.54, 1.807) is 35.6 Å². The fourth-order valence-electron chi connectivity index (χ4n) is 2.78. The van der Waals surface area contributed by atoms with Gasteiger partial charge in [-0.1, -0.05) is 30.3 Å². The van der Waals surface area contributed by atoms with Gasteiger partial charge in [0.25, 0.3) is 5.91 Å². The van der Waals surface area contributed by atoms with Gasteiger partial charge < -0.3 is 14.6 Å². The average molecular weight is 382 g/mol. The van der Waals surface area contributed by atoms with Gasteiger partial charge in [0.15, 0.2) is 11.5 Å². The molecule has 6 heteroatoms. The number of thiophene rings is 1. The van der Waals surface area contributed by atoms with Crippen molar-refractivity contribution in [3.63, 3.8) is 0 Å². The first-order valence-corrected chi connectivity index (χ1v) is 9.53. The summed E-state index contributed by atoms with van der Waals surface area (Å²) in [4.78, 5) is 27.1. The quantitative estimate of drug-likeness (QED) is 0.621. The Kier molecular flexibility index (Phi) is 5.88. The summed E-state index contributed by atoms with van der Waals surface area (Å²) in [6.07, 6.45) is 0. The van der Waals surface area contributed by atoms with Crippen LogP contribution in [0.25, 0.3) is 11.3 Å². The second kappa shape index (κ2) is 8.33. The van der Waals surface area contributed by atoms with Gasteiger partial charge in [-0.3, -0.25) is 9.59 Å². The number of Topliss-reactive ketones (excluding diaryl/α,β-unsaturated/α-hetero) is 1. The van der Waals surface area contributed by atoms with E-state index in [0.29, 0.717) is 17.9 Å². The molecule has 1 amide bonds. The van der Waals surface area contributed by atoms with Gasteiger partial charge in [-0.15, -0.1) is 11.3 Å². The molecule has 1 atom stereocenters. The zero-order valence-electron chi connectivity index (χ0n) is 15.6. The number of rotatable bonds is 7. The van der Waals surface area contributed by atoms with E-state index >= 15 is 0 Å². The molecule has 140 valence electrons. The third kappa shape index (κ3) is 4.53. The van der Waals surface area contributed by atoms with Crippen LogP contribution in [0.2, 0.25) is 0 Å². The maximum atomic E-state index is 12.5. The Morgan fingerprint density at radius 1 is 1.11 bits per heavy atom. The predicted octanol–water partition coefficient (Wildman–Crippen LogP) is 4.24. The average Bonchev–Trinajstić information content (AvgIpc) is 3.34. The van der Waals surface area contributed by atoms with Crippen LogP contribution in [-0.4, -0.2) is 37.2 Å². The van der Waals surface area contributed by atoms with E-state index in [-0.39, 0.29) is 23.5 Å². The lowest BCUT2D eigenvalue weighted by molar-refractivity contribution is 0.0915. The molecule has 0 aliphatic heterocycles. The van der Waals surface area contributed by atoms with Gasteiger partial charge >= 0.3 is 0 Å². The molecule has 27 heavy (non-hydrogen) atoms. The molecule has 0 saturated heterocycles. The fraction of sp³-hybridized carbons (Fsp3) is 0.238. The summed E-state index contributed by atoms with van der Waals surface area (Å²) in [6.45, 7) is 2.03. The summed E-state index contributed by atoms with van der Waals surface area (Å²) >= 11 is 1.67. The molecule has 1 N–H and O–H groups in total. The molecule has 0 aliphatic carbocycles. The molecule has 0 radical (unpaired) electrons. The Morgan fingerprint density at radius 2 is 1.85 bits per heavy atom. The first-order valence-electron chi connectivity index (χ1n) is 8.65. The number of carbonyl (C=O) groups excluding carboxylic acids is 2. The van der Waals surface area contributed by atoms with Crippen LogP contribution in [0.3, 0.4) is 0 Å². The zero-order valence-corrected chi connectivity index (χ0v) is 16.4. The highest BCUT2D eigenvalue weighted by Gasteiger charge is 2.18. The Hall–Kier alpha value is -2.70. The standard InChI is InChI=1S/C21H22N2O3S/c1-14(24)15-6-8-16(9-7-15)18-10-11-19(26-18)21(25)22-13-17(23(2)3)20-5-4-12-27-20/h4-12,17H,13H2,1-3H3,(H,22,25)/t17-/m1/s1. The largest absolute Gasteiger partial charge is 0.451 e. The summed E-state index contributed by atoms with van der Waals surface area (Å²) in [5, 5.41) is 4.98. The van der Waals surface area contributed by atoms with Gasteiger partial charge in [0.05, 0.1) is 6.04 Å². The van der Waals surface area contributed by atoms with Crippen LogP contribution in [0, 0.1) is 0 Å². The number of likely N-dealkylation sites (N-methyl/N-ethyl adjacent to an activating group) is 1. The van der Waals surface area contributed by atoms with Crippen LogP contribution in [0.15, 0.2) is 58.3 Å². The predicted molar refractivity (Wildman–Crippen MR) is 107 cm³/mol. The lowest BCUT2D eigenvalue weighted by Gasteiger charge is -2.23. The maximum absolute atomic E-state index is 12.5. The molecule has 0 bridgehead atoms. The monoisotopic (exact) mass is 382 g/mol. The van der Waals surface area contributed by atoms with Crippen molar-refractivity contribution < 1.29 is 14.0 Å². The number of hydrogen-bond donors (Lipinski definition) is 1. The van der Waals surface area contributed by atoms with Crippen molar-refractivity contribution in [2.45, 2.75) is 13.0 Å². The topological polar surface area (TPSA) is 62.6 Å². The molecule has 3 aromatic rings. The molecule has 0 saturated carbocycles. The van der Waals surface area contributed by atoms with Gasteiger partial charge in [0.1, 0.15) is 5.76 Å². The molecule has 0 aliphatic rings. The molecule has 5 nitrogen and oxygen atoms in total. The first kappa shape index (κ1) is 19.1. The van der Waals surface area contributed by atoms with E-state index in [2.05, 4.69) is 16.3 Å². The number of carbonyl (C=O) groups is 2. The summed E-state index contributed by atoms with van der Waals surface area (Å²) in [5.74, 6) is 0.634. The van der Waals surface area contributed by atoms with Crippen LogP contribution in [0.5, 0.6) is 0 Å². The fourth-order valence-corrected chi connectivity index (χ4v) is 3.70. The normalized spacial score (nSPS) is 12.1. The molecule has 0 spiro atoms. The third-order valence-electron chi connectivity index (χ3n) is 4.36. The summed E-state index contributed by atoms with van der Waals surface area (Å²) in [6, 6.07) is 14.8. The number of hydrogen-bond acceptors (Lipinski definition) is 5. The van der Waals surface area contributed by atoms with Crippen LogP contribution in [0.4, 0.5) is 0 Å². The van der Waals surface area contributed by atoms with Gasteiger partial charge in [-0.2, -0.15) is 0 Å². The van der Waals surface area contributed by atoms with E-state index in [1.165, 1.54) is 11.8 Å². The highest BCUT2D eigenvalue weighted by molar-refractivity contribution is 7.10. The number of nitrogens with zero attached hydrogens (tertiary/aromatic N) is 1. The number of furan rings is 1. The van der Waals surface area contributed by atoms with Crippen LogP contribution >= 0.6 is 11.3 Å². The Morgan fingerprint density at radius 3 is 2.44 bits per heavy atom. The Balaban J connectivity index is 1.67. The van der Waals surface area contributed by atoms with Crippen molar-refractivity contribution in [3.8, 4) is 11.3 Å². The Labute approximate surface area is 162 Å². The van der Waals surface area contributed by atoms with Gasteiger partial charge in [-0.25, -0.2) is 0 Å². The lowest BCUT2D eigenvalue weighted by Crippen LogP contribution is -2.34. The van der Waals surface area contributed by atoms with Crippen molar-refractivity contribution in [1.29, 1.82) is 0 Å². The molecule has 1 aromatic carbocycles. The van der Waals surface area contributed by atoms with E-state index < -0.39 is 0 Å². The van der Waals surface area contributed by atoms with E-state index in [0.717, 1.165) is 5.56 Å². The minimum atomic E-state index is -0.245. The molecule has 2 heterocycles. The number of amides is 1. The summed E-state index contributed by atoms with van der Waals surface area (Å²) in [5.41, 5.74) is 1.47. The van der Waals surface area contributed by atoms with Crippen molar-refractivity contribution >= 4 is 23.0 Å². The van der Waals surface area contributed by atoms with E-state index in [1.807, 2.05) is 37.7 Å². The van der Waals surface area contributed by atoms with Crippen molar-refractivity contribution in [1.82, 2.24) is 10.2 Å². The number of benzene rings is 1. The van der Waals surface area contributed by atoms with E-state index in [4.69, 9.17) is 4.42 Å². The lowest BCUT2D eigenvalue weighted by atomic mass is 10.1. The molecule has 0 unspecified atom stereocenters. The van der Waals surface area contributed by atoms with Crippen molar-refractivity contribution in [3.05, 3.63) is 70.1 Å². The first-order chi connectivity index (χ1) is 13.0. The van der Waals surface area contributed by atoms with Gasteiger partial charge in [0.2, 0.25) is 0 Å². The van der Waals surface area contributed by atoms with Crippen LogP contribution in [0.1, 0.15) is 38.8 Å². The minimum Gasteiger partial charge on any atom is -0.451 e. The maximum Gasteiger partial charge on any atom is 0.287 e. The smallest absolute Gasteiger partial charge is 0.287 e. The molecule has 2 aromatic heterocycles. The molecule has 3 rings (SSSR count). The number of nitrogens with one attached hydrogen (secondary N) is 1. The second-order valence-corrected chi connectivity index (χ2v) is 7.48. The molecular formula is C21H22N2O3S. The van der Waals surface area contributed by atoms with Crippen molar-refractivity contribution in [2.75, 3.05) is 20.6 Å². The summed E-state index contributed by atoms with van der Waals surface area (Å²) in [7, 11) is 3.98. The second-order valence-electron chi connectivity index (χ2n) is 6.50. The highest BCUT2D eigenvalue weighted by atomic mass is 32.1. The minimum absolute atomic E-state index is 0.0160. The summed E-state index contributed by atoms with van der Waals surface area (Å²) < 4.78 is 5.71. The van der Waals surface area contributed by atoms with Gasteiger partial charge in [0, 0.05) is 22.5 Å². The zero-order chi connectivity index (χ0) is 19.4. The number of ketones is 1. The van der Waals surface area contributed by atoms with Gasteiger partial charge in [-0.05, 0) is 44.6 Å². The van der Waals surface area contributed by atoms with Crippen LogP contribution < -0.4 is 5.32 Å². The molecule has 0 fully saturated rings. The van der Waals surface area contributed by atoms with Crippen molar-refractivity contribution in [2.24, 2.45) is 0 Å². The highest BCUT2D eigenvalue weighted by Crippen LogP contribution is 2.24. The SMILES string of the molecule is CC(=O)c1ccc(-c2ccc(C(=O)NC[C@H](c3cccs3)N(C)C)o2)cc1. The van der Waals surface area contributed by atoms with Crippen LogP contribution in [-0.2, 0) is 0 Å². The third-order valence-corrected chi connectivity index (χ3v) is 5.33. The molecular weight excluding hydrogens is 360 g/mol. The van der Waals surface area contributed by atoms with E-state index in [9.17, 15) is 9.59 Å². The Bertz CT molecular complexity index is 911.